The third kappa shape index (κ3) is 3.75. The average molecular weight is 427 g/mol. The smallest absolute Gasteiger partial charge is 0.230 e. The fourth-order valence-corrected chi connectivity index (χ4v) is 4.33. The molecule has 2 aliphatic heterocycles. The lowest BCUT2D eigenvalue weighted by molar-refractivity contribution is -0.325. The van der Waals surface area contributed by atoms with Crippen molar-refractivity contribution in [2.24, 2.45) is 0 Å². The summed E-state index contributed by atoms with van der Waals surface area (Å²) in [6.07, 6.45) is -2.57. The summed E-state index contributed by atoms with van der Waals surface area (Å²) in [6, 6.07) is 10.4. The van der Waals surface area contributed by atoms with E-state index < -0.39 is 36.8 Å². The highest BCUT2D eigenvalue weighted by molar-refractivity contribution is 5.87. The molecule has 4 heterocycles. The number of ether oxygens (including phenoxy) is 3. The average Bonchev–Trinajstić information content (AvgIpc) is 2.78. The van der Waals surface area contributed by atoms with E-state index in [1.54, 1.807) is 36.4 Å². The standard InChI is InChI=1S/C23H25NO7/c1-2-5-18-28-11-17-22(31-18)21(27)20(26)16(29-17)10-12-8-9-14-19(25)13-6-3-4-7-15(13)30-23(14)24-12/h3-4,6-9,16-18,20-22,26-27H,2,5,10-11H2,1H3/t16-,17+,18?,20-,21+,22+/m0/s1. The first kappa shape index (κ1) is 20.5. The van der Waals surface area contributed by atoms with Gasteiger partial charge in [0.15, 0.2) is 6.29 Å². The van der Waals surface area contributed by atoms with E-state index in [4.69, 9.17) is 18.6 Å². The summed E-state index contributed by atoms with van der Waals surface area (Å²) >= 11 is 0. The number of aromatic nitrogens is 1. The van der Waals surface area contributed by atoms with Gasteiger partial charge in [-0.25, -0.2) is 4.98 Å². The van der Waals surface area contributed by atoms with E-state index >= 15 is 0 Å². The predicted octanol–water partition coefficient (Wildman–Crippen LogP) is 1.91. The zero-order chi connectivity index (χ0) is 21.5. The van der Waals surface area contributed by atoms with Gasteiger partial charge in [-0.2, -0.15) is 0 Å². The van der Waals surface area contributed by atoms with Gasteiger partial charge in [-0.05, 0) is 30.7 Å². The van der Waals surface area contributed by atoms with Crippen LogP contribution in [0.4, 0.5) is 0 Å². The molecule has 8 heteroatoms. The van der Waals surface area contributed by atoms with Crippen LogP contribution in [0.3, 0.4) is 0 Å². The van der Waals surface area contributed by atoms with Crippen molar-refractivity contribution in [3.05, 3.63) is 52.3 Å². The Hall–Kier alpha value is -2.36. The van der Waals surface area contributed by atoms with Crippen molar-refractivity contribution >= 4 is 22.1 Å². The van der Waals surface area contributed by atoms with Gasteiger partial charge < -0.3 is 28.8 Å². The number of aliphatic hydroxyl groups is 2. The molecule has 2 aliphatic rings. The van der Waals surface area contributed by atoms with Crippen LogP contribution < -0.4 is 5.43 Å². The lowest BCUT2D eigenvalue weighted by Crippen LogP contribution is -2.63. The fourth-order valence-electron chi connectivity index (χ4n) is 4.33. The number of pyridine rings is 1. The van der Waals surface area contributed by atoms with E-state index in [9.17, 15) is 15.0 Å². The van der Waals surface area contributed by atoms with Crippen LogP contribution >= 0.6 is 0 Å². The molecule has 8 nitrogen and oxygen atoms in total. The third-order valence-electron chi connectivity index (χ3n) is 5.97. The zero-order valence-corrected chi connectivity index (χ0v) is 17.1. The Morgan fingerprint density at radius 1 is 1.06 bits per heavy atom. The first-order chi connectivity index (χ1) is 15.0. The second-order valence-electron chi connectivity index (χ2n) is 8.13. The first-order valence-electron chi connectivity index (χ1n) is 10.6. The molecule has 2 aromatic heterocycles. The van der Waals surface area contributed by atoms with Gasteiger partial charge in [0.2, 0.25) is 11.1 Å². The molecule has 2 N–H and O–H groups in total. The van der Waals surface area contributed by atoms with E-state index in [1.165, 1.54) is 0 Å². The monoisotopic (exact) mass is 427 g/mol. The van der Waals surface area contributed by atoms with Crippen LogP contribution in [0.2, 0.25) is 0 Å². The van der Waals surface area contributed by atoms with Gasteiger partial charge in [-0.1, -0.05) is 25.5 Å². The van der Waals surface area contributed by atoms with Crippen molar-refractivity contribution in [2.75, 3.05) is 6.61 Å². The van der Waals surface area contributed by atoms with Crippen molar-refractivity contribution < 1.29 is 28.8 Å². The summed E-state index contributed by atoms with van der Waals surface area (Å²) in [5.74, 6) is 0. The van der Waals surface area contributed by atoms with Gasteiger partial charge >= 0.3 is 0 Å². The molecule has 0 spiro atoms. The molecular formula is C23H25NO7. The van der Waals surface area contributed by atoms with Crippen LogP contribution in [0.15, 0.2) is 45.6 Å². The number of hydrogen-bond acceptors (Lipinski definition) is 8. The summed E-state index contributed by atoms with van der Waals surface area (Å²) in [4.78, 5) is 17.2. The Balaban J connectivity index is 1.38. The van der Waals surface area contributed by atoms with Crippen molar-refractivity contribution in [1.82, 2.24) is 4.98 Å². The van der Waals surface area contributed by atoms with Gasteiger partial charge in [-0.3, -0.25) is 4.79 Å². The SMILES string of the molecule is CCCC1OC[C@H]2O[C@@H](Cc3ccc4c(=O)c5ccccc5oc4n3)[C@H](O)[C@@H](O)[C@@H]2O1. The summed E-state index contributed by atoms with van der Waals surface area (Å²) < 4.78 is 23.3. The van der Waals surface area contributed by atoms with E-state index in [0.717, 1.165) is 12.8 Å². The van der Waals surface area contributed by atoms with Crippen LogP contribution in [-0.2, 0) is 20.6 Å². The van der Waals surface area contributed by atoms with Gasteiger partial charge in [0.1, 0.15) is 30.0 Å². The molecule has 164 valence electrons. The summed E-state index contributed by atoms with van der Waals surface area (Å²) in [6.45, 7) is 2.32. The Labute approximate surface area is 178 Å². The van der Waals surface area contributed by atoms with Crippen molar-refractivity contribution in [3.8, 4) is 0 Å². The number of hydrogen-bond donors (Lipinski definition) is 2. The lowest BCUT2D eigenvalue weighted by atomic mass is 9.92. The molecule has 0 aliphatic carbocycles. The largest absolute Gasteiger partial charge is 0.437 e. The highest BCUT2D eigenvalue weighted by Crippen LogP contribution is 2.31. The second-order valence-corrected chi connectivity index (χ2v) is 8.13. The number of aliphatic hydroxyl groups excluding tert-OH is 2. The van der Waals surface area contributed by atoms with Crippen LogP contribution in [0.5, 0.6) is 0 Å². The highest BCUT2D eigenvalue weighted by atomic mass is 16.7. The Morgan fingerprint density at radius 3 is 2.74 bits per heavy atom. The lowest BCUT2D eigenvalue weighted by Gasteiger charge is -2.46. The van der Waals surface area contributed by atoms with E-state index in [1.807, 2.05) is 6.92 Å². The topological polar surface area (TPSA) is 111 Å². The maximum atomic E-state index is 12.7. The van der Waals surface area contributed by atoms with Crippen LogP contribution in [0.1, 0.15) is 25.5 Å². The van der Waals surface area contributed by atoms with Crippen LogP contribution in [0.25, 0.3) is 22.1 Å². The molecule has 1 aromatic carbocycles. The number of benzene rings is 1. The normalized spacial score (nSPS) is 31.1. The molecule has 31 heavy (non-hydrogen) atoms. The summed E-state index contributed by atoms with van der Waals surface area (Å²) in [5, 5.41) is 22.2. The summed E-state index contributed by atoms with van der Waals surface area (Å²) in [5.41, 5.74) is 1.15. The van der Waals surface area contributed by atoms with Crippen molar-refractivity contribution in [3.63, 3.8) is 0 Å². The van der Waals surface area contributed by atoms with Gasteiger partial charge in [-0.15, -0.1) is 0 Å². The molecular weight excluding hydrogens is 402 g/mol. The number of rotatable bonds is 4. The molecule has 6 atom stereocenters. The van der Waals surface area contributed by atoms with E-state index in [0.29, 0.717) is 28.7 Å². The zero-order valence-electron chi connectivity index (χ0n) is 17.1. The molecule has 1 unspecified atom stereocenters. The van der Waals surface area contributed by atoms with Crippen molar-refractivity contribution in [1.29, 1.82) is 0 Å². The molecule has 2 fully saturated rings. The number of nitrogens with zero attached hydrogens (tertiary/aromatic N) is 1. The number of fused-ring (bicyclic) bond motifs is 3. The summed E-state index contributed by atoms with van der Waals surface area (Å²) in [7, 11) is 0. The minimum Gasteiger partial charge on any atom is -0.437 e. The maximum Gasteiger partial charge on any atom is 0.230 e. The molecule has 0 saturated carbocycles. The van der Waals surface area contributed by atoms with E-state index in [-0.39, 0.29) is 17.6 Å². The highest BCUT2D eigenvalue weighted by Gasteiger charge is 2.48. The Kier molecular flexibility index (Phi) is 5.49. The Bertz CT molecular complexity index is 1140. The molecule has 0 bridgehead atoms. The minimum atomic E-state index is -1.14. The minimum absolute atomic E-state index is 0.138. The number of para-hydroxylation sites is 1. The quantitative estimate of drug-likeness (QED) is 0.608. The molecule has 2 saturated heterocycles. The van der Waals surface area contributed by atoms with Crippen LogP contribution in [0, 0.1) is 0 Å². The van der Waals surface area contributed by atoms with Crippen molar-refractivity contribution in [2.45, 2.75) is 63.0 Å². The molecule has 0 radical (unpaired) electrons. The fraction of sp³-hybridized carbons (Fsp3) is 0.478. The molecule has 5 rings (SSSR count). The second kappa shape index (κ2) is 8.29. The van der Waals surface area contributed by atoms with Crippen LogP contribution in [-0.4, -0.2) is 58.6 Å². The van der Waals surface area contributed by atoms with Gasteiger partial charge in [0.05, 0.1) is 23.5 Å². The molecule has 0 amide bonds. The maximum absolute atomic E-state index is 12.7. The predicted molar refractivity (Wildman–Crippen MR) is 112 cm³/mol. The third-order valence-corrected chi connectivity index (χ3v) is 5.97. The van der Waals surface area contributed by atoms with Gasteiger partial charge in [0, 0.05) is 12.1 Å². The Morgan fingerprint density at radius 2 is 1.90 bits per heavy atom. The first-order valence-corrected chi connectivity index (χ1v) is 10.6. The van der Waals surface area contributed by atoms with E-state index in [2.05, 4.69) is 4.98 Å². The molecule has 3 aromatic rings. The van der Waals surface area contributed by atoms with Gasteiger partial charge in [0.25, 0.3) is 0 Å².